The average molecular weight is 487 g/mol. The summed E-state index contributed by atoms with van der Waals surface area (Å²) >= 11 is 0. The molecule has 32 heavy (non-hydrogen) atoms. The molecule has 1 heterocycles. The lowest BCUT2D eigenvalue weighted by Crippen LogP contribution is -2.66. The maximum atomic E-state index is 12.0. The monoisotopic (exact) mass is 486 g/mol. The number of methoxy groups -OCH3 is 1. The summed E-state index contributed by atoms with van der Waals surface area (Å²) in [4.78, 5) is 12.0. The van der Waals surface area contributed by atoms with Crippen molar-refractivity contribution < 1.29 is 22.8 Å². The van der Waals surface area contributed by atoms with Crippen molar-refractivity contribution in [3.63, 3.8) is 0 Å². The van der Waals surface area contributed by atoms with Gasteiger partial charge in [-0.15, -0.1) is 0 Å². The van der Waals surface area contributed by atoms with E-state index in [9.17, 15) is 4.79 Å². The van der Waals surface area contributed by atoms with Crippen molar-refractivity contribution in [2.24, 2.45) is 5.92 Å². The zero-order valence-electron chi connectivity index (χ0n) is 23.3. The predicted octanol–water partition coefficient (Wildman–Crippen LogP) is 6.98. The molecule has 0 aromatic carbocycles. The molecule has 0 amide bonds. The van der Waals surface area contributed by atoms with Gasteiger partial charge in [0, 0.05) is 28.7 Å². The van der Waals surface area contributed by atoms with Gasteiger partial charge in [-0.3, -0.25) is 0 Å². The smallest absolute Gasteiger partial charge is 0.350 e. The first-order valence-electron chi connectivity index (χ1n) is 12.0. The molecular formula is C25H50O5Si2. The Hall–Kier alpha value is -0.476. The molecule has 0 N–H and O–H groups in total. The average Bonchev–Trinajstić information content (AvgIpc) is 2.59. The molecule has 188 valence electrons. The second-order valence-electron chi connectivity index (χ2n) is 13.0. The number of hydrogen-bond acceptors (Lipinski definition) is 5. The first kappa shape index (κ1) is 29.6. The van der Waals surface area contributed by atoms with Gasteiger partial charge in [-0.05, 0) is 37.0 Å². The Morgan fingerprint density at radius 3 is 1.91 bits per heavy atom. The molecule has 0 spiro atoms. The molecule has 1 rings (SSSR count). The van der Waals surface area contributed by atoms with E-state index in [2.05, 4.69) is 82.3 Å². The van der Waals surface area contributed by atoms with Gasteiger partial charge in [0.1, 0.15) is 0 Å². The second-order valence-corrected chi connectivity index (χ2v) is 22.5. The molecule has 3 atom stereocenters. The highest BCUT2D eigenvalue weighted by atomic mass is 28.4. The molecule has 5 nitrogen and oxygen atoms in total. The standard InChI is InChI=1S/C25H50O5Si2/c1-18(17-21(26)27-12)22-19(2)20(15-16-28-31(13,14)23(3,4)5)29-32(30-22,24(6,7)8)25(9,10)11/h17,19-20,22H,15-16H2,1-14H3/b18-17-/t19-,20-,22-/m0/s1. The van der Waals surface area contributed by atoms with E-state index in [0.29, 0.717) is 6.61 Å². The first-order chi connectivity index (χ1) is 14.2. The summed E-state index contributed by atoms with van der Waals surface area (Å²) < 4.78 is 25.4. The summed E-state index contributed by atoms with van der Waals surface area (Å²) in [6, 6.07) is 0. The summed E-state index contributed by atoms with van der Waals surface area (Å²) in [5.41, 5.74) is 0.897. The van der Waals surface area contributed by atoms with E-state index in [1.165, 1.54) is 7.11 Å². The van der Waals surface area contributed by atoms with Crippen LogP contribution in [0.2, 0.25) is 28.2 Å². The summed E-state index contributed by atoms with van der Waals surface area (Å²) in [7, 11) is -3.17. The van der Waals surface area contributed by atoms with E-state index in [1.807, 2.05) is 6.92 Å². The molecule has 0 bridgehead atoms. The zero-order valence-corrected chi connectivity index (χ0v) is 25.3. The van der Waals surface area contributed by atoms with E-state index in [0.717, 1.165) is 12.0 Å². The summed E-state index contributed by atoms with van der Waals surface area (Å²) in [5, 5.41) is -0.117. The molecule has 0 aromatic heterocycles. The van der Waals surface area contributed by atoms with E-state index >= 15 is 0 Å². The van der Waals surface area contributed by atoms with Crippen LogP contribution in [0.25, 0.3) is 0 Å². The lowest BCUT2D eigenvalue weighted by atomic mass is 9.91. The molecule has 0 unspecified atom stereocenters. The lowest BCUT2D eigenvalue weighted by Gasteiger charge is -2.57. The molecule has 0 aromatic rings. The van der Waals surface area contributed by atoms with Crippen molar-refractivity contribution in [3.8, 4) is 0 Å². The minimum Gasteiger partial charge on any atom is -0.466 e. The molecule has 1 aliphatic rings. The zero-order chi connectivity index (χ0) is 25.3. The minimum atomic E-state index is -2.75. The SMILES string of the molecule is COC(=O)/C=C(/C)[C@@H]1O[Si](C(C)(C)C)(C(C)(C)C)O[C@@H](CCO[Si](C)(C)C(C)(C)C)[C@@H]1C. The molecule has 0 radical (unpaired) electrons. The molecular weight excluding hydrogens is 436 g/mol. The van der Waals surface area contributed by atoms with Gasteiger partial charge in [-0.2, -0.15) is 0 Å². The van der Waals surface area contributed by atoms with Gasteiger partial charge in [0.15, 0.2) is 8.32 Å². The van der Waals surface area contributed by atoms with Gasteiger partial charge in [-0.1, -0.05) is 69.2 Å². The number of carbonyl (C=O) groups excluding carboxylic acids is 1. The van der Waals surface area contributed by atoms with Crippen molar-refractivity contribution in [2.45, 2.75) is 123 Å². The second kappa shape index (κ2) is 10.0. The van der Waals surface area contributed by atoms with Crippen LogP contribution in [0.1, 0.15) is 82.6 Å². The van der Waals surface area contributed by atoms with Crippen LogP contribution in [0.3, 0.4) is 0 Å². The third kappa shape index (κ3) is 6.35. The normalized spacial score (nSPS) is 25.6. The Labute approximate surface area is 200 Å². The predicted molar refractivity (Wildman–Crippen MR) is 138 cm³/mol. The van der Waals surface area contributed by atoms with Gasteiger partial charge >= 0.3 is 14.5 Å². The maximum Gasteiger partial charge on any atom is 0.350 e. The number of rotatable bonds is 6. The van der Waals surface area contributed by atoms with Crippen molar-refractivity contribution in [1.82, 2.24) is 0 Å². The number of carbonyl (C=O) groups is 1. The topological polar surface area (TPSA) is 54.0 Å². The highest BCUT2D eigenvalue weighted by Gasteiger charge is 2.63. The van der Waals surface area contributed by atoms with Crippen LogP contribution >= 0.6 is 0 Å². The fourth-order valence-electron chi connectivity index (χ4n) is 4.46. The van der Waals surface area contributed by atoms with Gasteiger partial charge in [0.2, 0.25) is 0 Å². The minimum absolute atomic E-state index is 0.00429. The van der Waals surface area contributed by atoms with Crippen LogP contribution in [0.15, 0.2) is 11.6 Å². The van der Waals surface area contributed by atoms with Gasteiger partial charge in [0.25, 0.3) is 0 Å². The van der Waals surface area contributed by atoms with Crippen LogP contribution in [0.5, 0.6) is 0 Å². The van der Waals surface area contributed by atoms with Gasteiger partial charge < -0.3 is 18.0 Å². The lowest BCUT2D eigenvalue weighted by molar-refractivity contribution is -0.135. The first-order valence-corrected chi connectivity index (χ1v) is 16.7. The molecule has 1 fully saturated rings. The van der Waals surface area contributed by atoms with Crippen LogP contribution in [0.4, 0.5) is 0 Å². The Bertz CT molecular complexity index is 666. The number of hydrogen-bond donors (Lipinski definition) is 0. The van der Waals surface area contributed by atoms with Crippen LogP contribution in [-0.4, -0.2) is 48.8 Å². The van der Waals surface area contributed by atoms with Gasteiger partial charge in [-0.25, -0.2) is 4.79 Å². The Morgan fingerprint density at radius 2 is 1.50 bits per heavy atom. The highest BCUT2D eigenvalue weighted by molar-refractivity contribution is 6.74. The largest absolute Gasteiger partial charge is 0.466 e. The summed E-state index contributed by atoms with van der Waals surface area (Å²) in [6.07, 6.45) is 2.20. The van der Waals surface area contributed by atoms with E-state index in [1.54, 1.807) is 6.08 Å². The molecule has 0 saturated carbocycles. The number of esters is 1. The Balaban J connectivity index is 3.34. The molecule has 1 aliphatic heterocycles. The van der Waals surface area contributed by atoms with Gasteiger partial charge in [0.05, 0.1) is 19.3 Å². The van der Waals surface area contributed by atoms with Crippen molar-refractivity contribution in [3.05, 3.63) is 11.6 Å². The van der Waals surface area contributed by atoms with Crippen LogP contribution < -0.4 is 0 Å². The van der Waals surface area contributed by atoms with Crippen molar-refractivity contribution in [1.29, 1.82) is 0 Å². The van der Waals surface area contributed by atoms with Crippen molar-refractivity contribution >= 4 is 22.8 Å². The van der Waals surface area contributed by atoms with E-state index < -0.39 is 16.9 Å². The fourth-order valence-corrected chi connectivity index (χ4v) is 10.8. The molecule has 7 heteroatoms. The number of ether oxygens (including phenoxy) is 1. The molecule has 0 aliphatic carbocycles. The summed E-state index contributed by atoms with van der Waals surface area (Å²) in [6.45, 7) is 29.5. The third-order valence-electron chi connectivity index (χ3n) is 7.32. The van der Waals surface area contributed by atoms with E-state index in [4.69, 9.17) is 18.0 Å². The Kier molecular flexibility index (Phi) is 9.26. The Morgan fingerprint density at radius 1 is 1.00 bits per heavy atom. The fraction of sp³-hybridized carbons (Fsp3) is 0.880. The van der Waals surface area contributed by atoms with E-state index in [-0.39, 0.29) is 39.2 Å². The van der Waals surface area contributed by atoms with Crippen LogP contribution in [0, 0.1) is 5.92 Å². The quantitative estimate of drug-likeness (QED) is 0.230. The third-order valence-corrected chi connectivity index (χ3v) is 17.0. The maximum absolute atomic E-state index is 12.0. The van der Waals surface area contributed by atoms with Crippen molar-refractivity contribution in [2.75, 3.05) is 13.7 Å². The summed E-state index contributed by atoms with van der Waals surface area (Å²) in [5.74, 6) is -0.245. The molecule has 1 saturated heterocycles. The van der Waals surface area contributed by atoms with Crippen LogP contribution in [-0.2, 0) is 22.8 Å². The highest BCUT2D eigenvalue weighted by Crippen LogP contribution is 2.56.